The number of halogens is 1. The highest BCUT2D eigenvalue weighted by molar-refractivity contribution is 9.10. The predicted molar refractivity (Wildman–Crippen MR) is 96.6 cm³/mol. The fourth-order valence-electron chi connectivity index (χ4n) is 2.95. The third-order valence-electron chi connectivity index (χ3n) is 4.15. The van der Waals surface area contributed by atoms with Crippen molar-refractivity contribution in [3.05, 3.63) is 22.2 Å². The molecule has 1 aromatic carbocycles. The molecule has 0 saturated carbocycles. The zero-order valence-electron chi connectivity index (χ0n) is 14.2. The topological polar surface area (TPSA) is 55.3 Å². The number of guanidine groups is 1. The molecular weight excluding hydrogens is 374 g/mol. The summed E-state index contributed by atoms with van der Waals surface area (Å²) in [6.45, 7) is 6.46. The van der Waals surface area contributed by atoms with Crippen LogP contribution in [-0.4, -0.2) is 51.0 Å². The van der Waals surface area contributed by atoms with E-state index in [0.29, 0.717) is 12.5 Å². The van der Waals surface area contributed by atoms with E-state index in [0.717, 1.165) is 60.2 Å². The Bertz CT molecular complexity index is 603. The lowest BCUT2D eigenvalue weighted by Gasteiger charge is -2.24. The number of ether oxygens (including phenoxy) is 3. The Balaban J connectivity index is 1.68. The van der Waals surface area contributed by atoms with Crippen LogP contribution in [0.5, 0.6) is 11.5 Å². The molecule has 0 aliphatic carbocycles. The monoisotopic (exact) mass is 397 g/mol. The van der Waals surface area contributed by atoms with Crippen LogP contribution < -0.4 is 14.8 Å². The van der Waals surface area contributed by atoms with Gasteiger partial charge in [-0.25, -0.2) is 4.99 Å². The van der Waals surface area contributed by atoms with E-state index in [9.17, 15) is 0 Å². The van der Waals surface area contributed by atoms with Crippen LogP contribution in [0.25, 0.3) is 0 Å². The van der Waals surface area contributed by atoms with E-state index in [2.05, 4.69) is 40.1 Å². The van der Waals surface area contributed by atoms with Gasteiger partial charge in [-0.3, -0.25) is 0 Å². The van der Waals surface area contributed by atoms with Crippen molar-refractivity contribution in [1.29, 1.82) is 0 Å². The molecule has 2 aliphatic heterocycles. The van der Waals surface area contributed by atoms with Crippen molar-refractivity contribution in [2.75, 3.05) is 40.1 Å². The molecule has 6 nitrogen and oxygen atoms in total. The summed E-state index contributed by atoms with van der Waals surface area (Å²) < 4.78 is 17.3. The summed E-state index contributed by atoms with van der Waals surface area (Å²) in [5.74, 6) is 3.04. The lowest BCUT2D eigenvalue weighted by Crippen LogP contribution is -2.41. The molecule has 132 valence electrons. The van der Waals surface area contributed by atoms with Gasteiger partial charge in [-0.05, 0) is 47.0 Å². The predicted octanol–water partition coefficient (Wildman–Crippen LogP) is 2.61. The van der Waals surface area contributed by atoms with E-state index in [-0.39, 0.29) is 6.79 Å². The molecule has 1 fully saturated rings. The third kappa shape index (κ3) is 4.13. The number of nitrogens with zero attached hydrogens (tertiary/aromatic N) is 2. The smallest absolute Gasteiger partial charge is 0.231 e. The van der Waals surface area contributed by atoms with Crippen LogP contribution in [-0.2, 0) is 11.3 Å². The number of nitrogens with one attached hydrogen (secondary N) is 1. The van der Waals surface area contributed by atoms with Crippen molar-refractivity contribution >= 4 is 21.9 Å². The maximum Gasteiger partial charge on any atom is 0.231 e. The molecular formula is C17H24BrN3O3. The highest BCUT2D eigenvalue weighted by Gasteiger charge is 2.20. The lowest BCUT2D eigenvalue weighted by atomic mass is 10.1. The maximum atomic E-state index is 5.47. The molecule has 3 rings (SSSR count). The van der Waals surface area contributed by atoms with Gasteiger partial charge in [-0.2, -0.15) is 0 Å². The Labute approximate surface area is 151 Å². The van der Waals surface area contributed by atoms with E-state index in [4.69, 9.17) is 19.2 Å². The maximum absolute atomic E-state index is 5.47. The molecule has 1 aromatic rings. The van der Waals surface area contributed by atoms with E-state index in [1.165, 1.54) is 0 Å². The summed E-state index contributed by atoms with van der Waals surface area (Å²) in [7, 11) is 2.08. The van der Waals surface area contributed by atoms with Gasteiger partial charge in [-0.1, -0.05) is 0 Å². The van der Waals surface area contributed by atoms with Gasteiger partial charge < -0.3 is 24.4 Å². The Morgan fingerprint density at radius 3 is 3.04 bits per heavy atom. The number of aliphatic imine (C=N–C) groups is 1. The summed E-state index contributed by atoms with van der Waals surface area (Å²) in [6, 6.07) is 4.02. The average Bonchev–Trinajstić information content (AvgIpc) is 3.22. The van der Waals surface area contributed by atoms with Gasteiger partial charge in [0.05, 0.1) is 17.6 Å². The van der Waals surface area contributed by atoms with Crippen molar-refractivity contribution in [2.45, 2.75) is 19.9 Å². The van der Waals surface area contributed by atoms with E-state index in [1.807, 2.05) is 12.1 Å². The minimum atomic E-state index is 0.273. The second kappa shape index (κ2) is 8.07. The van der Waals surface area contributed by atoms with Gasteiger partial charge in [0, 0.05) is 32.7 Å². The molecule has 0 aromatic heterocycles. The van der Waals surface area contributed by atoms with Gasteiger partial charge in [0.1, 0.15) is 0 Å². The van der Waals surface area contributed by atoms with E-state index >= 15 is 0 Å². The number of fused-ring (bicyclic) bond motifs is 1. The highest BCUT2D eigenvalue weighted by Crippen LogP contribution is 2.40. The first-order chi connectivity index (χ1) is 11.7. The van der Waals surface area contributed by atoms with Crippen LogP contribution in [0.4, 0.5) is 0 Å². The van der Waals surface area contributed by atoms with Crippen molar-refractivity contribution in [3.63, 3.8) is 0 Å². The van der Waals surface area contributed by atoms with Crippen LogP contribution in [0.3, 0.4) is 0 Å². The molecule has 0 radical (unpaired) electrons. The Morgan fingerprint density at radius 2 is 2.29 bits per heavy atom. The van der Waals surface area contributed by atoms with Gasteiger partial charge in [0.25, 0.3) is 0 Å². The fraction of sp³-hybridized carbons (Fsp3) is 0.588. The molecule has 24 heavy (non-hydrogen) atoms. The minimum Gasteiger partial charge on any atom is -0.454 e. The van der Waals surface area contributed by atoms with Gasteiger partial charge in [-0.15, -0.1) is 0 Å². The number of benzene rings is 1. The quantitative estimate of drug-likeness (QED) is 0.611. The molecule has 1 N–H and O–H groups in total. The molecule has 2 heterocycles. The molecule has 1 atom stereocenters. The first-order valence-electron chi connectivity index (χ1n) is 8.32. The zero-order valence-corrected chi connectivity index (χ0v) is 15.8. The van der Waals surface area contributed by atoms with Crippen molar-refractivity contribution in [2.24, 2.45) is 10.9 Å². The van der Waals surface area contributed by atoms with Crippen LogP contribution in [0, 0.1) is 5.92 Å². The van der Waals surface area contributed by atoms with Crippen LogP contribution in [0.2, 0.25) is 0 Å². The molecule has 2 aliphatic rings. The summed E-state index contributed by atoms with van der Waals surface area (Å²) in [6.07, 6.45) is 1.12. The minimum absolute atomic E-state index is 0.273. The first-order valence-corrected chi connectivity index (χ1v) is 9.12. The second-order valence-corrected chi connectivity index (χ2v) is 6.95. The average molecular weight is 398 g/mol. The molecule has 1 saturated heterocycles. The Kier molecular flexibility index (Phi) is 5.84. The number of rotatable bonds is 5. The largest absolute Gasteiger partial charge is 0.454 e. The van der Waals surface area contributed by atoms with Crippen LogP contribution in [0.15, 0.2) is 21.6 Å². The summed E-state index contributed by atoms with van der Waals surface area (Å²) in [4.78, 5) is 6.95. The van der Waals surface area contributed by atoms with Crippen LogP contribution in [0.1, 0.15) is 18.9 Å². The Morgan fingerprint density at radius 1 is 1.42 bits per heavy atom. The van der Waals surface area contributed by atoms with Gasteiger partial charge >= 0.3 is 0 Å². The molecule has 1 unspecified atom stereocenters. The number of hydrogen-bond acceptors (Lipinski definition) is 4. The van der Waals surface area contributed by atoms with Crippen LogP contribution >= 0.6 is 15.9 Å². The fourth-order valence-corrected chi connectivity index (χ4v) is 3.55. The van der Waals surface area contributed by atoms with Crippen molar-refractivity contribution in [3.8, 4) is 11.5 Å². The second-order valence-electron chi connectivity index (χ2n) is 6.09. The standard InChI is InChI=1S/C17H24BrN3O3/c1-3-19-17(21(2)9-12-4-5-22-10-12)20-8-13-6-14(18)16-15(7-13)23-11-24-16/h6-7,12H,3-5,8-11H2,1-2H3,(H,19,20). The highest BCUT2D eigenvalue weighted by atomic mass is 79.9. The number of hydrogen-bond donors (Lipinski definition) is 1. The SMILES string of the molecule is CCNC(=NCc1cc(Br)c2c(c1)OCO2)N(C)CC1CCOC1. The van der Waals surface area contributed by atoms with Gasteiger partial charge in [0.15, 0.2) is 17.5 Å². The van der Waals surface area contributed by atoms with Crippen molar-refractivity contribution in [1.82, 2.24) is 10.2 Å². The summed E-state index contributed by atoms with van der Waals surface area (Å²) >= 11 is 3.53. The summed E-state index contributed by atoms with van der Waals surface area (Å²) in [5.41, 5.74) is 1.08. The normalized spacial score (nSPS) is 19.6. The van der Waals surface area contributed by atoms with Gasteiger partial charge in [0.2, 0.25) is 6.79 Å². The first kappa shape index (κ1) is 17.4. The van der Waals surface area contributed by atoms with E-state index in [1.54, 1.807) is 0 Å². The lowest BCUT2D eigenvalue weighted by molar-refractivity contribution is 0.173. The Hall–Kier alpha value is -1.47. The molecule has 7 heteroatoms. The molecule has 0 bridgehead atoms. The van der Waals surface area contributed by atoms with E-state index < -0.39 is 0 Å². The molecule has 0 spiro atoms. The zero-order chi connectivity index (χ0) is 16.9. The molecule has 0 amide bonds. The third-order valence-corrected chi connectivity index (χ3v) is 4.74. The summed E-state index contributed by atoms with van der Waals surface area (Å²) in [5, 5.41) is 3.36. The van der Waals surface area contributed by atoms with Crippen molar-refractivity contribution < 1.29 is 14.2 Å².